The summed E-state index contributed by atoms with van der Waals surface area (Å²) in [5, 5.41) is 4.48. The molecule has 13 heavy (non-hydrogen) atoms. The molecule has 0 fully saturated rings. The number of rotatable bonds is 2. The first-order valence-corrected chi connectivity index (χ1v) is 5.71. The van der Waals surface area contributed by atoms with E-state index in [0.717, 1.165) is 12.5 Å². The van der Waals surface area contributed by atoms with Gasteiger partial charge in [-0.3, -0.25) is 0 Å². The van der Waals surface area contributed by atoms with Crippen molar-refractivity contribution >= 4 is 11.3 Å². The van der Waals surface area contributed by atoms with Gasteiger partial charge in [-0.05, 0) is 45.7 Å². The molecule has 3 heteroatoms. The Labute approximate surface area is 83.4 Å². The summed E-state index contributed by atoms with van der Waals surface area (Å²) in [4.78, 5) is 6.11. The Morgan fingerprint density at radius 1 is 1.62 bits per heavy atom. The maximum Gasteiger partial charge on any atom is 0.0900 e. The van der Waals surface area contributed by atoms with E-state index in [4.69, 9.17) is 0 Å². The quantitative estimate of drug-likeness (QED) is 0.780. The highest BCUT2D eigenvalue weighted by molar-refractivity contribution is 7.11. The summed E-state index contributed by atoms with van der Waals surface area (Å²) in [6.07, 6.45) is 3.75. The zero-order chi connectivity index (χ0) is 9.26. The Morgan fingerprint density at radius 2 is 2.46 bits per heavy atom. The maximum atomic E-state index is 4.57. The second-order valence-electron chi connectivity index (χ2n) is 3.77. The minimum atomic E-state index is 0.805. The minimum absolute atomic E-state index is 0.805. The molecule has 72 valence electrons. The van der Waals surface area contributed by atoms with Crippen LogP contribution in [0, 0.1) is 12.8 Å². The Balaban J connectivity index is 2.10. The Bertz CT molecular complexity index is 293. The van der Waals surface area contributed by atoms with Gasteiger partial charge in [0.15, 0.2) is 0 Å². The van der Waals surface area contributed by atoms with Crippen LogP contribution in [0.25, 0.3) is 0 Å². The second-order valence-corrected chi connectivity index (χ2v) is 5.06. The van der Waals surface area contributed by atoms with E-state index in [0.29, 0.717) is 0 Å². The lowest BCUT2D eigenvalue weighted by Gasteiger charge is -2.20. The molecule has 1 aliphatic carbocycles. The lowest BCUT2D eigenvalue weighted by atomic mass is 9.91. The molecule has 2 nitrogen and oxygen atoms in total. The molecule has 0 bridgehead atoms. The van der Waals surface area contributed by atoms with Gasteiger partial charge in [0.2, 0.25) is 0 Å². The monoisotopic (exact) mass is 196 g/mol. The van der Waals surface area contributed by atoms with Crippen molar-refractivity contribution in [1.29, 1.82) is 0 Å². The number of fused-ring (bicyclic) bond motifs is 1. The van der Waals surface area contributed by atoms with Crippen LogP contribution in [0.15, 0.2) is 0 Å². The Morgan fingerprint density at radius 3 is 3.23 bits per heavy atom. The van der Waals surface area contributed by atoms with E-state index in [2.05, 4.69) is 17.2 Å². The van der Waals surface area contributed by atoms with Gasteiger partial charge in [0.25, 0.3) is 0 Å². The summed E-state index contributed by atoms with van der Waals surface area (Å²) in [5.74, 6) is 0.805. The summed E-state index contributed by atoms with van der Waals surface area (Å²) in [7, 11) is 2.03. The topological polar surface area (TPSA) is 24.9 Å². The van der Waals surface area contributed by atoms with Gasteiger partial charge < -0.3 is 5.32 Å². The normalized spacial score (nSPS) is 21.5. The Kier molecular flexibility index (Phi) is 2.65. The number of hydrogen-bond acceptors (Lipinski definition) is 3. The summed E-state index contributed by atoms with van der Waals surface area (Å²) in [5.41, 5.74) is 1.37. The molecular formula is C10H16N2S. The largest absolute Gasteiger partial charge is 0.319 e. The number of thiazole rings is 1. The van der Waals surface area contributed by atoms with Crippen molar-refractivity contribution in [2.45, 2.75) is 26.2 Å². The summed E-state index contributed by atoms with van der Waals surface area (Å²) < 4.78 is 0. The van der Waals surface area contributed by atoms with Gasteiger partial charge in [-0.2, -0.15) is 0 Å². The van der Waals surface area contributed by atoms with Crippen molar-refractivity contribution < 1.29 is 0 Å². The molecule has 0 saturated heterocycles. The van der Waals surface area contributed by atoms with Crippen LogP contribution < -0.4 is 5.32 Å². The molecule has 2 rings (SSSR count). The molecule has 0 aromatic carbocycles. The van der Waals surface area contributed by atoms with Crippen molar-refractivity contribution in [2.75, 3.05) is 13.6 Å². The Hall–Kier alpha value is -0.410. The van der Waals surface area contributed by atoms with Gasteiger partial charge >= 0.3 is 0 Å². The average Bonchev–Trinajstić information content (AvgIpc) is 2.44. The fraction of sp³-hybridized carbons (Fsp3) is 0.700. The van der Waals surface area contributed by atoms with Crippen molar-refractivity contribution in [3.05, 3.63) is 15.6 Å². The van der Waals surface area contributed by atoms with E-state index in [9.17, 15) is 0 Å². The van der Waals surface area contributed by atoms with E-state index in [1.54, 1.807) is 0 Å². The van der Waals surface area contributed by atoms with Crippen LogP contribution in [-0.2, 0) is 12.8 Å². The van der Waals surface area contributed by atoms with Crippen molar-refractivity contribution in [2.24, 2.45) is 5.92 Å². The molecule has 0 amide bonds. The van der Waals surface area contributed by atoms with Crippen LogP contribution in [-0.4, -0.2) is 18.6 Å². The second kappa shape index (κ2) is 3.76. The number of nitrogens with one attached hydrogen (secondary N) is 1. The molecular weight excluding hydrogens is 180 g/mol. The highest BCUT2D eigenvalue weighted by Crippen LogP contribution is 2.28. The highest BCUT2D eigenvalue weighted by Gasteiger charge is 2.20. The van der Waals surface area contributed by atoms with Gasteiger partial charge in [0.1, 0.15) is 0 Å². The highest BCUT2D eigenvalue weighted by atomic mass is 32.1. The van der Waals surface area contributed by atoms with Crippen LogP contribution >= 0.6 is 11.3 Å². The van der Waals surface area contributed by atoms with Crippen molar-refractivity contribution in [1.82, 2.24) is 10.3 Å². The maximum absolute atomic E-state index is 4.57. The van der Waals surface area contributed by atoms with E-state index in [1.165, 1.54) is 34.8 Å². The van der Waals surface area contributed by atoms with E-state index in [-0.39, 0.29) is 0 Å². The smallest absolute Gasteiger partial charge is 0.0900 e. The fourth-order valence-electron chi connectivity index (χ4n) is 2.04. The van der Waals surface area contributed by atoms with Gasteiger partial charge in [-0.1, -0.05) is 0 Å². The van der Waals surface area contributed by atoms with Gasteiger partial charge in [-0.15, -0.1) is 11.3 Å². The summed E-state index contributed by atoms with van der Waals surface area (Å²) in [6, 6.07) is 0. The molecule has 0 radical (unpaired) electrons. The predicted molar refractivity (Wildman–Crippen MR) is 56.3 cm³/mol. The minimum Gasteiger partial charge on any atom is -0.319 e. The number of aromatic nitrogens is 1. The van der Waals surface area contributed by atoms with Gasteiger partial charge in [-0.25, -0.2) is 4.98 Å². The molecule has 1 N–H and O–H groups in total. The first kappa shape index (κ1) is 9.16. The first-order chi connectivity index (χ1) is 6.29. The average molecular weight is 196 g/mol. The van der Waals surface area contributed by atoms with Crippen LogP contribution in [0.5, 0.6) is 0 Å². The number of aryl methyl sites for hydroxylation is 2. The molecule has 1 atom stereocenters. The van der Waals surface area contributed by atoms with Crippen molar-refractivity contribution in [3.8, 4) is 0 Å². The molecule has 1 aromatic rings. The van der Waals surface area contributed by atoms with E-state index < -0.39 is 0 Å². The third-order valence-corrected chi connectivity index (χ3v) is 3.71. The van der Waals surface area contributed by atoms with Gasteiger partial charge in [0, 0.05) is 4.88 Å². The van der Waals surface area contributed by atoms with Crippen molar-refractivity contribution in [3.63, 3.8) is 0 Å². The van der Waals surface area contributed by atoms with E-state index >= 15 is 0 Å². The zero-order valence-electron chi connectivity index (χ0n) is 8.26. The molecule has 1 heterocycles. The van der Waals surface area contributed by atoms with Crippen LogP contribution in [0.1, 0.15) is 22.0 Å². The lowest BCUT2D eigenvalue weighted by molar-refractivity contribution is 0.438. The molecule has 0 spiro atoms. The molecule has 1 aromatic heterocycles. The van der Waals surface area contributed by atoms with Gasteiger partial charge in [0.05, 0.1) is 10.7 Å². The molecule has 0 aliphatic heterocycles. The molecule has 0 saturated carbocycles. The predicted octanol–water partition coefficient (Wildman–Crippen LogP) is 1.78. The van der Waals surface area contributed by atoms with E-state index in [1.807, 2.05) is 18.4 Å². The first-order valence-electron chi connectivity index (χ1n) is 4.89. The molecule has 0 unspecified atom stereocenters. The van der Waals surface area contributed by atoms with Crippen LogP contribution in [0.4, 0.5) is 0 Å². The van der Waals surface area contributed by atoms with Crippen LogP contribution in [0.2, 0.25) is 0 Å². The third kappa shape index (κ3) is 1.92. The summed E-state index contributed by atoms with van der Waals surface area (Å²) >= 11 is 1.88. The zero-order valence-corrected chi connectivity index (χ0v) is 9.08. The lowest BCUT2D eigenvalue weighted by Crippen LogP contribution is -2.24. The standard InChI is InChI=1S/C10H16N2S/c1-7-12-9-5-8(6-11-2)3-4-10(9)13-7/h8,11H,3-6H2,1-2H3/t8-/m0/s1. The summed E-state index contributed by atoms with van der Waals surface area (Å²) in [6.45, 7) is 3.24. The molecule has 1 aliphatic rings. The number of hydrogen-bond donors (Lipinski definition) is 1. The fourth-order valence-corrected chi connectivity index (χ4v) is 3.02. The van der Waals surface area contributed by atoms with Crippen LogP contribution in [0.3, 0.4) is 0 Å². The SMILES string of the molecule is CNC[C@H]1CCc2sc(C)nc2C1. The third-order valence-electron chi connectivity index (χ3n) is 2.64. The number of nitrogens with zero attached hydrogens (tertiary/aromatic N) is 1.